The van der Waals surface area contributed by atoms with Crippen molar-refractivity contribution in [3.63, 3.8) is 0 Å². The number of nitrogens with zero attached hydrogens (tertiary/aromatic N) is 2. The summed E-state index contributed by atoms with van der Waals surface area (Å²) >= 11 is 0. The van der Waals surface area contributed by atoms with Crippen LogP contribution in [0.15, 0.2) is 79.1 Å². The van der Waals surface area contributed by atoms with Crippen molar-refractivity contribution < 1.29 is 9.53 Å². The number of carbonyl (C=O) groups is 1. The first-order valence-electron chi connectivity index (χ1n) is 12.7. The summed E-state index contributed by atoms with van der Waals surface area (Å²) in [6.07, 6.45) is 6.39. The second-order valence-corrected chi connectivity index (χ2v) is 10.2. The van der Waals surface area contributed by atoms with Gasteiger partial charge in [-0.05, 0) is 60.6 Å². The van der Waals surface area contributed by atoms with Gasteiger partial charge in [0.15, 0.2) is 0 Å². The molecule has 1 aromatic heterocycles. The Morgan fingerprint density at radius 1 is 0.944 bits per heavy atom. The molecule has 0 spiro atoms. The smallest absolute Gasteiger partial charge is 0.150 e. The maximum absolute atomic E-state index is 11.6. The molecule has 4 heteroatoms. The molecule has 0 aliphatic carbocycles. The predicted octanol–water partition coefficient (Wildman–Crippen LogP) is 7.16. The van der Waals surface area contributed by atoms with Gasteiger partial charge in [-0.2, -0.15) is 5.10 Å². The van der Waals surface area contributed by atoms with Crippen molar-refractivity contribution in [1.82, 2.24) is 9.78 Å². The number of hydrogen-bond donors (Lipinski definition) is 0. The summed E-state index contributed by atoms with van der Waals surface area (Å²) < 4.78 is 8.54. The molecule has 4 nitrogen and oxygen atoms in total. The molecule has 186 valence electrons. The lowest BCUT2D eigenvalue weighted by molar-refractivity contribution is 0.112. The summed E-state index contributed by atoms with van der Waals surface area (Å²) in [6, 6.07) is 22.9. The average Bonchev–Trinajstić information content (AvgIpc) is 3.35. The van der Waals surface area contributed by atoms with Crippen LogP contribution in [0.5, 0.6) is 5.75 Å². The van der Waals surface area contributed by atoms with Crippen molar-refractivity contribution in [2.75, 3.05) is 6.61 Å². The van der Waals surface area contributed by atoms with Gasteiger partial charge >= 0.3 is 0 Å². The van der Waals surface area contributed by atoms with Crippen molar-refractivity contribution in [3.8, 4) is 5.75 Å². The lowest BCUT2D eigenvalue weighted by Crippen LogP contribution is -2.14. The van der Waals surface area contributed by atoms with Gasteiger partial charge in [0, 0.05) is 30.3 Å². The Morgan fingerprint density at radius 2 is 1.72 bits per heavy atom. The van der Waals surface area contributed by atoms with Crippen LogP contribution in [-0.4, -0.2) is 22.7 Å². The molecule has 0 fully saturated rings. The molecule has 0 N–H and O–H groups in total. The van der Waals surface area contributed by atoms with Gasteiger partial charge in [0.25, 0.3) is 0 Å². The van der Waals surface area contributed by atoms with Crippen molar-refractivity contribution in [2.45, 2.75) is 53.0 Å². The number of hydrogen-bond acceptors (Lipinski definition) is 3. The highest BCUT2D eigenvalue weighted by Crippen LogP contribution is 2.30. The number of benzene rings is 3. The van der Waals surface area contributed by atoms with Crippen LogP contribution in [0.2, 0.25) is 0 Å². The molecule has 1 heterocycles. The Balaban J connectivity index is 1.64. The third-order valence-corrected chi connectivity index (χ3v) is 6.51. The summed E-state index contributed by atoms with van der Waals surface area (Å²) in [5.74, 6) is 1.73. The molecule has 0 saturated carbocycles. The molecule has 4 rings (SSSR count). The van der Waals surface area contributed by atoms with E-state index in [2.05, 4.69) is 69.2 Å². The van der Waals surface area contributed by atoms with E-state index in [9.17, 15) is 4.79 Å². The number of ether oxygens (including phenoxy) is 1. The lowest BCUT2D eigenvalue weighted by atomic mass is 9.89. The first kappa shape index (κ1) is 25.4. The van der Waals surface area contributed by atoms with Gasteiger partial charge < -0.3 is 4.74 Å². The standard InChI is InChI=1S/C32H36N2O2/c1-23(2)14-31(30-16-24(3)15-25(4)17-30)22-36-32-18-26(20-34-13-7-12-33-34)10-11-28(32)19-27-8-5-6-9-29(27)21-35/h5-13,15-18,21,23,31H,14,19-20,22H2,1-4H3. The zero-order chi connectivity index (χ0) is 25.5. The van der Waals surface area contributed by atoms with E-state index < -0.39 is 0 Å². The van der Waals surface area contributed by atoms with E-state index in [1.807, 2.05) is 41.2 Å². The van der Waals surface area contributed by atoms with Crippen LogP contribution in [0.4, 0.5) is 0 Å². The Morgan fingerprint density at radius 3 is 2.42 bits per heavy atom. The fourth-order valence-electron chi connectivity index (χ4n) is 4.88. The molecule has 36 heavy (non-hydrogen) atoms. The summed E-state index contributed by atoms with van der Waals surface area (Å²) in [6.45, 7) is 10.1. The molecule has 0 aliphatic rings. The van der Waals surface area contributed by atoms with Gasteiger partial charge in [0.2, 0.25) is 0 Å². The molecule has 0 radical (unpaired) electrons. The maximum atomic E-state index is 11.6. The van der Waals surface area contributed by atoms with Gasteiger partial charge in [-0.3, -0.25) is 9.48 Å². The summed E-state index contributed by atoms with van der Waals surface area (Å²) in [7, 11) is 0. The van der Waals surface area contributed by atoms with Crippen LogP contribution < -0.4 is 4.74 Å². The van der Waals surface area contributed by atoms with Crippen LogP contribution in [-0.2, 0) is 13.0 Å². The number of carbonyl (C=O) groups excluding carboxylic acids is 1. The summed E-state index contributed by atoms with van der Waals surface area (Å²) in [5, 5.41) is 4.35. The molecular formula is C32H36N2O2. The fourth-order valence-corrected chi connectivity index (χ4v) is 4.88. The number of aldehydes is 1. The van der Waals surface area contributed by atoms with E-state index in [1.54, 1.807) is 6.20 Å². The fraction of sp³-hybridized carbons (Fsp3) is 0.312. The molecule has 1 unspecified atom stereocenters. The summed E-state index contributed by atoms with van der Waals surface area (Å²) in [4.78, 5) is 11.6. The topological polar surface area (TPSA) is 44.1 Å². The average molecular weight is 481 g/mol. The third kappa shape index (κ3) is 6.72. The second kappa shape index (κ2) is 11.9. The Kier molecular flexibility index (Phi) is 8.37. The number of rotatable bonds is 11. The zero-order valence-electron chi connectivity index (χ0n) is 21.8. The first-order valence-corrected chi connectivity index (χ1v) is 12.7. The van der Waals surface area contributed by atoms with Crippen molar-refractivity contribution in [1.29, 1.82) is 0 Å². The van der Waals surface area contributed by atoms with E-state index in [0.717, 1.165) is 40.7 Å². The number of aryl methyl sites for hydroxylation is 2. The van der Waals surface area contributed by atoms with E-state index in [0.29, 0.717) is 31.4 Å². The summed E-state index contributed by atoms with van der Waals surface area (Å²) in [5.41, 5.74) is 7.84. The third-order valence-electron chi connectivity index (χ3n) is 6.51. The molecule has 1 atom stereocenters. The molecular weight excluding hydrogens is 444 g/mol. The molecule has 0 bridgehead atoms. The monoisotopic (exact) mass is 480 g/mol. The highest BCUT2D eigenvalue weighted by Gasteiger charge is 2.17. The van der Waals surface area contributed by atoms with E-state index in [4.69, 9.17) is 4.74 Å². The highest BCUT2D eigenvalue weighted by atomic mass is 16.5. The van der Waals surface area contributed by atoms with Crippen molar-refractivity contribution in [2.24, 2.45) is 5.92 Å². The molecule has 0 amide bonds. The normalized spacial score (nSPS) is 12.0. The molecule has 0 saturated heterocycles. The quantitative estimate of drug-likeness (QED) is 0.214. The molecule has 3 aromatic carbocycles. The lowest BCUT2D eigenvalue weighted by Gasteiger charge is -2.23. The highest BCUT2D eigenvalue weighted by molar-refractivity contribution is 5.77. The van der Waals surface area contributed by atoms with Crippen molar-refractivity contribution in [3.05, 3.63) is 118 Å². The Hall–Kier alpha value is -3.66. The van der Waals surface area contributed by atoms with Crippen LogP contribution in [0.25, 0.3) is 0 Å². The maximum Gasteiger partial charge on any atom is 0.150 e. The molecule has 0 aliphatic heterocycles. The van der Waals surface area contributed by atoms with Gasteiger partial charge in [0.05, 0.1) is 13.2 Å². The minimum absolute atomic E-state index is 0.300. The Labute approximate surface area is 214 Å². The predicted molar refractivity (Wildman–Crippen MR) is 146 cm³/mol. The van der Waals surface area contributed by atoms with Crippen LogP contribution in [0.3, 0.4) is 0 Å². The van der Waals surface area contributed by atoms with Gasteiger partial charge in [-0.15, -0.1) is 0 Å². The van der Waals surface area contributed by atoms with E-state index >= 15 is 0 Å². The number of aromatic nitrogens is 2. The van der Waals surface area contributed by atoms with Crippen LogP contribution in [0, 0.1) is 19.8 Å². The van der Waals surface area contributed by atoms with Crippen LogP contribution >= 0.6 is 0 Å². The van der Waals surface area contributed by atoms with Gasteiger partial charge in [-0.25, -0.2) is 0 Å². The second-order valence-electron chi connectivity index (χ2n) is 10.2. The van der Waals surface area contributed by atoms with Crippen molar-refractivity contribution >= 4 is 6.29 Å². The first-order chi connectivity index (χ1) is 17.4. The largest absolute Gasteiger partial charge is 0.493 e. The minimum atomic E-state index is 0.300. The van der Waals surface area contributed by atoms with E-state index in [-0.39, 0.29) is 0 Å². The van der Waals surface area contributed by atoms with Crippen LogP contribution in [0.1, 0.15) is 69.9 Å². The SMILES string of the molecule is Cc1cc(C)cc(C(COc2cc(Cn3cccn3)ccc2Cc2ccccc2C=O)CC(C)C)c1. The zero-order valence-corrected chi connectivity index (χ0v) is 21.8. The minimum Gasteiger partial charge on any atom is -0.493 e. The van der Waals surface area contributed by atoms with Gasteiger partial charge in [-0.1, -0.05) is 79.6 Å². The molecule has 4 aromatic rings. The Bertz CT molecular complexity index is 1270. The van der Waals surface area contributed by atoms with Gasteiger partial charge in [0.1, 0.15) is 12.0 Å². The van der Waals surface area contributed by atoms with E-state index in [1.165, 1.54) is 16.7 Å².